The highest BCUT2D eigenvalue weighted by Gasteiger charge is 2.45. The first-order valence-corrected chi connectivity index (χ1v) is 8.41. The summed E-state index contributed by atoms with van der Waals surface area (Å²) in [6.45, 7) is 2.88. The number of hydrogen-bond acceptors (Lipinski definition) is 3. The van der Waals surface area contributed by atoms with Gasteiger partial charge < -0.3 is 4.74 Å². The van der Waals surface area contributed by atoms with E-state index in [0.717, 1.165) is 0 Å². The van der Waals surface area contributed by atoms with Crippen LogP contribution >= 0.6 is 0 Å². The maximum atomic E-state index is 13.4. The fraction of sp³-hybridized carbons (Fsp3) is 0.300. The van der Waals surface area contributed by atoms with Gasteiger partial charge in [0.15, 0.2) is 5.78 Å². The van der Waals surface area contributed by atoms with Crippen molar-refractivity contribution in [1.29, 1.82) is 0 Å². The summed E-state index contributed by atoms with van der Waals surface area (Å²) in [5, 5.41) is 0. The van der Waals surface area contributed by atoms with Crippen LogP contribution in [-0.4, -0.2) is 17.9 Å². The number of ketones is 1. The van der Waals surface area contributed by atoms with Gasteiger partial charge in [0.2, 0.25) is 0 Å². The fourth-order valence-electron chi connectivity index (χ4n) is 2.77. The Bertz CT molecular complexity index is 853. The van der Waals surface area contributed by atoms with Crippen LogP contribution in [0.3, 0.4) is 0 Å². The van der Waals surface area contributed by atoms with E-state index >= 15 is 0 Å². The van der Waals surface area contributed by atoms with Crippen LogP contribution in [0, 0.1) is 0 Å². The highest BCUT2D eigenvalue weighted by atomic mass is 19.4. The number of esters is 1. The van der Waals surface area contributed by atoms with Crippen LogP contribution in [0.1, 0.15) is 46.8 Å². The molecule has 0 radical (unpaired) electrons. The van der Waals surface area contributed by atoms with Crippen LogP contribution < -0.4 is 0 Å². The molecular weight excluding hydrogens is 402 g/mol. The van der Waals surface area contributed by atoms with E-state index in [4.69, 9.17) is 4.74 Å². The van der Waals surface area contributed by atoms with Crippen LogP contribution in [0.15, 0.2) is 48.5 Å². The number of carbonyl (C=O) groups is 2. The lowest BCUT2D eigenvalue weighted by atomic mass is 9.85. The normalized spacial score (nSPS) is 13.3. The third-order valence-corrected chi connectivity index (χ3v) is 3.90. The van der Waals surface area contributed by atoms with Gasteiger partial charge in [0, 0.05) is 5.56 Å². The zero-order chi connectivity index (χ0) is 22.0. The predicted molar refractivity (Wildman–Crippen MR) is 91.2 cm³/mol. The molecule has 0 heterocycles. The van der Waals surface area contributed by atoms with E-state index in [1.807, 2.05) is 0 Å². The van der Waals surface area contributed by atoms with Crippen molar-refractivity contribution >= 4 is 11.8 Å². The molecule has 1 atom stereocenters. The second-order valence-electron chi connectivity index (χ2n) is 6.42. The second kappa shape index (κ2) is 8.26. The highest BCUT2D eigenvalue weighted by Crippen LogP contribution is 2.41. The summed E-state index contributed by atoms with van der Waals surface area (Å²) in [5.41, 5.74) is -5.22. The zero-order valence-electron chi connectivity index (χ0n) is 15.3. The summed E-state index contributed by atoms with van der Waals surface area (Å²) >= 11 is 0. The first-order valence-electron chi connectivity index (χ1n) is 8.41. The molecule has 0 saturated carbocycles. The third-order valence-electron chi connectivity index (χ3n) is 3.90. The number of carbonyl (C=O) groups excluding carboxylic acids is 2. The number of ether oxygens (including phenoxy) is 1. The Hall–Kier alpha value is -2.84. The van der Waals surface area contributed by atoms with Gasteiger partial charge in [-0.1, -0.05) is 36.4 Å². The minimum atomic E-state index is -5.24. The smallest absolute Gasteiger partial charge is 0.417 e. The zero-order valence-corrected chi connectivity index (χ0v) is 15.3. The van der Waals surface area contributed by atoms with Crippen molar-refractivity contribution in [3.8, 4) is 0 Å². The Labute approximate surface area is 162 Å². The second-order valence-corrected chi connectivity index (χ2v) is 6.42. The van der Waals surface area contributed by atoms with Crippen molar-refractivity contribution in [2.24, 2.45) is 0 Å². The van der Waals surface area contributed by atoms with Crippen molar-refractivity contribution in [3.05, 3.63) is 70.8 Å². The van der Waals surface area contributed by atoms with Crippen molar-refractivity contribution in [2.45, 2.75) is 38.2 Å². The summed E-state index contributed by atoms with van der Waals surface area (Å²) in [6, 6.07) is 8.14. The van der Waals surface area contributed by atoms with E-state index < -0.39 is 52.8 Å². The largest absolute Gasteiger partial charge is 0.462 e. The lowest BCUT2D eigenvalue weighted by Crippen LogP contribution is -2.30. The Morgan fingerprint density at radius 1 is 0.793 bits per heavy atom. The Morgan fingerprint density at radius 3 is 1.69 bits per heavy atom. The maximum absolute atomic E-state index is 13.4. The SMILES string of the molecule is CC(C)OC(=O)C(C(=O)c1c(C(F)(F)F)cccc1C(F)(F)F)c1ccccc1. The van der Waals surface area contributed by atoms with Crippen LogP contribution in [-0.2, 0) is 21.9 Å². The van der Waals surface area contributed by atoms with Crippen molar-refractivity contribution < 1.29 is 40.7 Å². The Balaban J connectivity index is 2.75. The lowest BCUT2D eigenvalue weighted by Gasteiger charge is -2.22. The third kappa shape index (κ3) is 5.16. The molecule has 1 unspecified atom stereocenters. The van der Waals surface area contributed by atoms with Crippen LogP contribution in [0.2, 0.25) is 0 Å². The quantitative estimate of drug-likeness (QED) is 0.273. The average Bonchev–Trinajstić information content (AvgIpc) is 2.60. The number of rotatable bonds is 5. The molecule has 0 aliphatic carbocycles. The highest BCUT2D eigenvalue weighted by molar-refractivity contribution is 6.14. The van der Waals surface area contributed by atoms with Gasteiger partial charge in [0.25, 0.3) is 0 Å². The molecule has 2 rings (SSSR count). The van der Waals surface area contributed by atoms with Crippen molar-refractivity contribution in [2.75, 3.05) is 0 Å². The monoisotopic (exact) mass is 418 g/mol. The van der Waals surface area contributed by atoms with Crippen LogP contribution in [0.25, 0.3) is 0 Å². The number of hydrogen-bond donors (Lipinski definition) is 0. The van der Waals surface area contributed by atoms with Crippen molar-refractivity contribution in [1.82, 2.24) is 0 Å². The molecule has 0 spiro atoms. The van der Waals surface area contributed by atoms with Gasteiger partial charge in [0.05, 0.1) is 17.2 Å². The Kier molecular flexibility index (Phi) is 6.40. The van der Waals surface area contributed by atoms with E-state index in [2.05, 4.69) is 0 Å². The van der Waals surface area contributed by atoms with Crippen molar-refractivity contribution in [3.63, 3.8) is 0 Å². The van der Waals surface area contributed by atoms with Gasteiger partial charge >= 0.3 is 18.3 Å². The van der Waals surface area contributed by atoms with Gasteiger partial charge in [-0.25, -0.2) is 0 Å². The molecule has 9 heteroatoms. The predicted octanol–water partition coefficient (Wildman–Crippen LogP) is 5.64. The molecule has 3 nitrogen and oxygen atoms in total. The molecule has 2 aromatic carbocycles. The minimum absolute atomic E-state index is 0.0757. The molecular formula is C20H16F6O3. The maximum Gasteiger partial charge on any atom is 0.417 e. The molecule has 2 aromatic rings. The first-order chi connectivity index (χ1) is 13.3. The standard InChI is InChI=1S/C20H16F6O3/c1-11(2)29-18(28)15(12-7-4-3-5-8-12)17(27)16-13(19(21,22)23)9-6-10-14(16)20(24,25)26/h3-11,15H,1-2H3. The molecule has 0 aromatic heterocycles. The molecule has 0 saturated heterocycles. The number of Topliss-reactive ketones (excluding diaryl/α,β-unsaturated/α-hetero) is 1. The fourth-order valence-corrected chi connectivity index (χ4v) is 2.77. The molecule has 29 heavy (non-hydrogen) atoms. The van der Waals surface area contributed by atoms with Gasteiger partial charge in [-0.05, 0) is 31.5 Å². The summed E-state index contributed by atoms with van der Waals surface area (Å²) < 4.78 is 85.4. The van der Waals surface area contributed by atoms with E-state index in [9.17, 15) is 35.9 Å². The lowest BCUT2D eigenvalue weighted by molar-refractivity contribution is -0.149. The summed E-state index contributed by atoms with van der Waals surface area (Å²) in [6.07, 6.45) is -11.2. The molecule has 156 valence electrons. The van der Waals surface area contributed by atoms with Gasteiger partial charge in [-0.15, -0.1) is 0 Å². The topological polar surface area (TPSA) is 43.4 Å². The molecule has 0 amide bonds. The van der Waals surface area contributed by atoms with E-state index in [-0.39, 0.29) is 5.56 Å². The van der Waals surface area contributed by atoms with Gasteiger partial charge in [-0.2, -0.15) is 26.3 Å². The molecule has 0 aliphatic rings. The number of alkyl halides is 6. The molecule has 0 aliphatic heterocycles. The van der Waals surface area contributed by atoms with Crippen LogP contribution in [0.5, 0.6) is 0 Å². The Morgan fingerprint density at radius 2 is 1.28 bits per heavy atom. The summed E-state index contributed by atoms with van der Waals surface area (Å²) in [5.74, 6) is -4.85. The summed E-state index contributed by atoms with van der Waals surface area (Å²) in [4.78, 5) is 25.5. The van der Waals surface area contributed by atoms with Crippen LogP contribution in [0.4, 0.5) is 26.3 Å². The van der Waals surface area contributed by atoms with E-state index in [1.165, 1.54) is 44.2 Å². The van der Waals surface area contributed by atoms with E-state index in [1.54, 1.807) is 0 Å². The average molecular weight is 418 g/mol. The first kappa shape index (κ1) is 22.4. The minimum Gasteiger partial charge on any atom is -0.462 e. The number of benzene rings is 2. The molecule has 0 fully saturated rings. The van der Waals surface area contributed by atoms with Gasteiger partial charge in [0.1, 0.15) is 5.92 Å². The molecule has 0 N–H and O–H groups in total. The number of halogens is 6. The summed E-state index contributed by atoms with van der Waals surface area (Å²) in [7, 11) is 0. The molecule has 0 bridgehead atoms. The van der Waals surface area contributed by atoms with E-state index in [0.29, 0.717) is 18.2 Å². The van der Waals surface area contributed by atoms with Gasteiger partial charge in [-0.3, -0.25) is 9.59 Å².